The summed E-state index contributed by atoms with van der Waals surface area (Å²) in [4.78, 5) is 12.8. The van der Waals surface area contributed by atoms with E-state index in [0.29, 0.717) is 18.1 Å². The molecule has 0 saturated heterocycles. The summed E-state index contributed by atoms with van der Waals surface area (Å²) in [5, 5.41) is 1.91. The molecule has 3 aromatic rings. The Hall–Kier alpha value is -1.82. The van der Waals surface area contributed by atoms with Crippen LogP contribution >= 0.6 is 28.0 Å². The SMILES string of the molecule is O=C1c2ccccc2-c2cc(OCCSO)c(Br)c3cccc1c23. The molecule has 3 nitrogen and oxygen atoms in total. The average molecular weight is 401 g/mol. The largest absolute Gasteiger partial charge is 0.491 e. The fourth-order valence-electron chi connectivity index (χ4n) is 3.18. The molecular formula is C19H13BrO3S. The van der Waals surface area contributed by atoms with E-state index in [4.69, 9.17) is 9.29 Å². The number of halogens is 1. The first-order valence-electron chi connectivity index (χ1n) is 7.51. The van der Waals surface area contributed by atoms with E-state index in [9.17, 15) is 4.79 Å². The van der Waals surface area contributed by atoms with E-state index in [0.717, 1.165) is 49.5 Å². The Kier molecular flexibility index (Phi) is 4.08. The van der Waals surface area contributed by atoms with E-state index in [-0.39, 0.29) is 5.78 Å². The lowest BCUT2D eigenvalue weighted by atomic mass is 9.83. The third-order valence-electron chi connectivity index (χ3n) is 4.20. The Morgan fingerprint density at radius 2 is 1.75 bits per heavy atom. The topological polar surface area (TPSA) is 46.5 Å². The summed E-state index contributed by atoms with van der Waals surface area (Å²) >= 11 is 4.37. The molecule has 1 N–H and O–H groups in total. The molecule has 0 bridgehead atoms. The van der Waals surface area contributed by atoms with Crippen molar-refractivity contribution in [3.63, 3.8) is 0 Å². The van der Waals surface area contributed by atoms with E-state index < -0.39 is 0 Å². The molecule has 0 radical (unpaired) electrons. The molecule has 3 aromatic carbocycles. The Bertz CT molecular complexity index is 968. The maximum absolute atomic E-state index is 12.8. The lowest BCUT2D eigenvalue weighted by molar-refractivity contribution is 0.104. The van der Waals surface area contributed by atoms with Gasteiger partial charge in [-0.3, -0.25) is 4.79 Å². The van der Waals surface area contributed by atoms with Crippen molar-refractivity contribution in [3.05, 3.63) is 64.1 Å². The summed E-state index contributed by atoms with van der Waals surface area (Å²) in [6.07, 6.45) is 0. The number of ether oxygens (including phenoxy) is 1. The van der Waals surface area contributed by atoms with Crippen molar-refractivity contribution in [3.8, 4) is 16.9 Å². The number of fused-ring (bicyclic) bond motifs is 2. The van der Waals surface area contributed by atoms with E-state index in [1.807, 2.05) is 48.5 Å². The second kappa shape index (κ2) is 6.24. The van der Waals surface area contributed by atoms with Crippen molar-refractivity contribution in [2.75, 3.05) is 12.4 Å². The summed E-state index contributed by atoms with van der Waals surface area (Å²) in [7, 11) is 0. The van der Waals surface area contributed by atoms with Gasteiger partial charge in [0.2, 0.25) is 0 Å². The second-order valence-corrected chi connectivity index (χ2v) is 6.98. The first-order valence-corrected chi connectivity index (χ1v) is 9.24. The van der Waals surface area contributed by atoms with Gasteiger partial charge in [-0.15, -0.1) is 0 Å². The fraction of sp³-hybridized carbons (Fsp3) is 0.105. The number of benzene rings is 3. The summed E-state index contributed by atoms with van der Waals surface area (Å²) < 4.78 is 15.5. The lowest BCUT2D eigenvalue weighted by Crippen LogP contribution is -2.10. The van der Waals surface area contributed by atoms with Crippen LogP contribution in [0.15, 0.2) is 53.0 Å². The van der Waals surface area contributed by atoms with Gasteiger partial charge < -0.3 is 9.29 Å². The number of rotatable bonds is 4. The highest BCUT2D eigenvalue weighted by Gasteiger charge is 2.26. The van der Waals surface area contributed by atoms with Crippen molar-refractivity contribution in [2.24, 2.45) is 0 Å². The van der Waals surface area contributed by atoms with Gasteiger partial charge in [0, 0.05) is 21.9 Å². The highest BCUT2D eigenvalue weighted by molar-refractivity contribution is 9.10. The molecule has 0 fully saturated rings. The fourth-order valence-corrected chi connectivity index (χ4v) is 3.90. The zero-order chi connectivity index (χ0) is 16.7. The Morgan fingerprint density at radius 1 is 1.00 bits per heavy atom. The molecule has 24 heavy (non-hydrogen) atoms. The maximum Gasteiger partial charge on any atom is 0.194 e. The maximum atomic E-state index is 12.8. The molecule has 0 aliphatic heterocycles. The Balaban J connectivity index is 2.01. The molecule has 4 rings (SSSR count). The van der Waals surface area contributed by atoms with Gasteiger partial charge in [0.05, 0.1) is 16.8 Å². The minimum absolute atomic E-state index is 0.0564. The zero-order valence-electron chi connectivity index (χ0n) is 12.6. The minimum Gasteiger partial charge on any atom is -0.491 e. The average Bonchev–Trinajstić information content (AvgIpc) is 2.62. The minimum atomic E-state index is 0.0564. The van der Waals surface area contributed by atoms with Gasteiger partial charge in [-0.05, 0) is 45.2 Å². The second-order valence-electron chi connectivity index (χ2n) is 5.52. The van der Waals surface area contributed by atoms with Crippen LogP contribution in [0.1, 0.15) is 15.9 Å². The number of carbonyl (C=O) groups excluding carboxylic acids is 1. The van der Waals surface area contributed by atoms with Crippen LogP contribution in [0.5, 0.6) is 5.75 Å². The molecule has 0 heterocycles. The van der Waals surface area contributed by atoms with Gasteiger partial charge in [-0.25, -0.2) is 0 Å². The van der Waals surface area contributed by atoms with Crippen LogP contribution in [0.2, 0.25) is 0 Å². The number of carbonyl (C=O) groups is 1. The summed E-state index contributed by atoms with van der Waals surface area (Å²) in [5.41, 5.74) is 3.38. The Labute approximate surface area is 152 Å². The van der Waals surface area contributed by atoms with Crippen LogP contribution in [0, 0.1) is 0 Å². The number of ketones is 1. The molecule has 1 aliphatic rings. The van der Waals surface area contributed by atoms with E-state index in [2.05, 4.69) is 15.9 Å². The van der Waals surface area contributed by atoms with Crippen molar-refractivity contribution in [1.29, 1.82) is 0 Å². The van der Waals surface area contributed by atoms with Gasteiger partial charge >= 0.3 is 0 Å². The third-order valence-corrected chi connectivity index (χ3v) is 5.37. The van der Waals surface area contributed by atoms with Crippen LogP contribution < -0.4 is 4.74 Å². The highest BCUT2D eigenvalue weighted by Crippen LogP contribution is 2.45. The Morgan fingerprint density at radius 3 is 2.54 bits per heavy atom. The monoisotopic (exact) mass is 400 g/mol. The van der Waals surface area contributed by atoms with Crippen LogP contribution in [0.4, 0.5) is 0 Å². The van der Waals surface area contributed by atoms with E-state index in [1.54, 1.807) is 0 Å². The van der Waals surface area contributed by atoms with Crippen molar-refractivity contribution >= 4 is 44.5 Å². The molecule has 0 amide bonds. The third kappa shape index (κ3) is 2.35. The van der Waals surface area contributed by atoms with Crippen molar-refractivity contribution < 1.29 is 14.1 Å². The van der Waals surface area contributed by atoms with Gasteiger partial charge in [-0.2, -0.15) is 0 Å². The van der Waals surface area contributed by atoms with Crippen LogP contribution in [-0.2, 0) is 0 Å². The molecule has 0 unspecified atom stereocenters. The highest BCUT2D eigenvalue weighted by atomic mass is 79.9. The van der Waals surface area contributed by atoms with E-state index in [1.165, 1.54) is 0 Å². The number of hydrogen-bond donors (Lipinski definition) is 1. The first kappa shape index (κ1) is 15.7. The molecule has 0 atom stereocenters. The summed E-state index contributed by atoms with van der Waals surface area (Å²) in [6.45, 7) is 0.408. The van der Waals surface area contributed by atoms with Gasteiger partial charge in [0.15, 0.2) is 5.78 Å². The van der Waals surface area contributed by atoms with Gasteiger partial charge in [0.1, 0.15) is 5.75 Å². The summed E-state index contributed by atoms with van der Waals surface area (Å²) in [6, 6.07) is 15.4. The van der Waals surface area contributed by atoms with Crippen LogP contribution in [0.25, 0.3) is 21.9 Å². The molecule has 120 valence electrons. The lowest BCUT2D eigenvalue weighted by Gasteiger charge is -2.22. The molecular weight excluding hydrogens is 388 g/mol. The van der Waals surface area contributed by atoms with Crippen LogP contribution in [0.3, 0.4) is 0 Å². The molecule has 0 saturated carbocycles. The van der Waals surface area contributed by atoms with Gasteiger partial charge in [0.25, 0.3) is 0 Å². The normalized spacial score (nSPS) is 12.3. The molecule has 0 spiro atoms. The zero-order valence-corrected chi connectivity index (χ0v) is 15.0. The predicted octanol–water partition coefficient (Wildman–Crippen LogP) is 5.40. The van der Waals surface area contributed by atoms with Crippen LogP contribution in [-0.4, -0.2) is 22.7 Å². The first-order chi connectivity index (χ1) is 11.7. The van der Waals surface area contributed by atoms with Crippen molar-refractivity contribution in [1.82, 2.24) is 0 Å². The van der Waals surface area contributed by atoms with Crippen molar-refractivity contribution in [2.45, 2.75) is 0 Å². The number of hydrogen-bond acceptors (Lipinski definition) is 4. The van der Waals surface area contributed by atoms with Gasteiger partial charge in [-0.1, -0.05) is 42.5 Å². The summed E-state index contributed by atoms with van der Waals surface area (Å²) in [5.74, 6) is 1.27. The molecule has 5 heteroatoms. The van der Waals surface area contributed by atoms with E-state index >= 15 is 0 Å². The molecule has 0 aromatic heterocycles. The molecule has 1 aliphatic carbocycles. The predicted molar refractivity (Wildman–Crippen MR) is 101 cm³/mol. The standard InChI is InChI=1S/C19H13BrO3S/c20-18-13-6-3-7-14-17(13)15(10-16(18)23-8-9-24-22)11-4-1-2-5-12(11)19(14)21/h1-7,10,22H,8-9H2. The smallest absolute Gasteiger partial charge is 0.194 e. The quantitative estimate of drug-likeness (QED) is 0.368.